The number of nitrogens with zero attached hydrogens (tertiary/aromatic N) is 2. The summed E-state index contributed by atoms with van der Waals surface area (Å²) < 4.78 is 5.01. The molecule has 104 valence electrons. The van der Waals surface area contributed by atoms with E-state index in [2.05, 4.69) is 20.3 Å². The molecule has 1 aliphatic rings. The third-order valence-electron chi connectivity index (χ3n) is 3.27. The number of rotatable bonds is 3. The van der Waals surface area contributed by atoms with Gasteiger partial charge in [0.1, 0.15) is 5.82 Å². The molecule has 1 atom stereocenters. The molecule has 1 aliphatic heterocycles. The predicted octanol–water partition coefficient (Wildman–Crippen LogP) is 0.752. The molecule has 0 saturated heterocycles. The number of aromatic amines is 1. The highest BCUT2D eigenvalue weighted by Gasteiger charge is 2.29. The van der Waals surface area contributed by atoms with Crippen LogP contribution in [0, 0.1) is 0 Å². The standard InChI is InChI=1S/C13H14N4O3/c1-20-9-3-2-7(6-15-9)12-16-8-4-5-14-11(13(18)19)10(8)17-12/h2-3,6,11,14H,4-5H2,1H3,(H,16,17)(H,18,19)/t11-/m0/s1. The Kier molecular flexibility index (Phi) is 3.11. The van der Waals surface area contributed by atoms with Crippen molar-refractivity contribution in [1.82, 2.24) is 20.3 Å². The molecule has 0 aromatic carbocycles. The summed E-state index contributed by atoms with van der Waals surface area (Å²) in [4.78, 5) is 22.9. The third-order valence-corrected chi connectivity index (χ3v) is 3.27. The number of hydrogen-bond acceptors (Lipinski definition) is 5. The van der Waals surface area contributed by atoms with E-state index in [1.165, 1.54) is 0 Å². The van der Waals surface area contributed by atoms with Gasteiger partial charge in [0.05, 0.1) is 12.8 Å². The van der Waals surface area contributed by atoms with Gasteiger partial charge in [-0.05, 0) is 6.07 Å². The Hall–Kier alpha value is -2.41. The fourth-order valence-corrected chi connectivity index (χ4v) is 2.27. The van der Waals surface area contributed by atoms with Gasteiger partial charge in [0.25, 0.3) is 0 Å². The lowest BCUT2D eigenvalue weighted by Crippen LogP contribution is -2.35. The smallest absolute Gasteiger partial charge is 0.327 e. The summed E-state index contributed by atoms with van der Waals surface area (Å²) in [5.74, 6) is 0.229. The predicted molar refractivity (Wildman–Crippen MR) is 70.5 cm³/mol. The molecule has 3 heterocycles. The minimum absolute atomic E-state index is 0.523. The number of methoxy groups -OCH3 is 1. The van der Waals surface area contributed by atoms with E-state index in [0.29, 0.717) is 23.9 Å². The molecule has 0 fully saturated rings. The summed E-state index contributed by atoms with van der Waals surface area (Å²) in [6, 6.07) is 2.82. The van der Waals surface area contributed by atoms with Crippen LogP contribution in [0.4, 0.5) is 0 Å². The van der Waals surface area contributed by atoms with Crippen LogP contribution in [0.15, 0.2) is 18.3 Å². The zero-order chi connectivity index (χ0) is 14.1. The van der Waals surface area contributed by atoms with Crippen LogP contribution in [0.25, 0.3) is 11.4 Å². The molecule has 0 radical (unpaired) electrons. The molecule has 0 saturated carbocycles. The Labute approximate surface area is 115 Å². The first-order chi connectivity index (χ1) is 9.69. The molecule has 0 unspecified atom stereocenters. The second kappa shape index (κ2) is 4.93. The van der Waals surface area contributed by atoms with Gasteiger partial charge in [0.2, 0.25) is 5.88 Å². The van der Waals surface area contributed by atoms with Crippen LogP contribution in [-0.2, 0) is 11.2 Å². The van der Waals surface area contributed by atoms with Crippen molar-refractivity contribution in [3.05, 3.63) is 29.7 Å². The van der Waals surface area contributed by atoms with Crippen LogP contribution in [-0.4, -0.2) is 39.7 Å². The number of aromatic nitrogens is 3. The highest BCUT2D eigenvalue weighted by molar-refractivity contribution is 5.76. The van der Waals surface area contributed by atoms with Crippen LogP contribution in [0.1, 0.15) is 17.4 Å². The van der Waals surface area contributed by atoms with Gasteiger partial charge in [0.15, 0.2) is 6.04 Å². The number of pyridine rings is 1. The van der Waals surface area contributed by atoms with E-state index in [4.69, 9.17) is 4.74 Å². The fraction of sp³-hybridized carbons (Fsp3) is 0.308. The van der Waals surface area contributed by atoms with Gasteiger partial charge in [-0.15, -0.1) is 0 Å². The topological polar surface area (TPSA) is 100 Å². The number of carbonyl (C=O) groups is 1. The summed E-state index contributed by atoms with van der Waals surface area (Å²) >= 11 is 0. The van der Waals surface area contributed by atoms with Crippen molar-refractivity contribution >= 4 is 5.97 Å². The van der Waals surface area contributed by atoms with E-state index in [-0.39, 0.29) is 0 Å². The molecule has 3 N–H and O–H groups in total. The maximum Gasteiger partial charge on any atom is 0.327 e. The maximum atomic E-state index is 11.2. The zero-order valence-electron chi connectivity index (χ0n) is 10.9. The first-order valence-electron chi connectivity index (χ1n) is 6.24. The molecule has 0 spiro atoms. The summed E-state index contributed by atoms with van der Waals surface area (Å²) in [5.41, 5.74) is 2.21. The van der Waals surface area contributed by atoms with Crippen molar-refractivity contribution in [3.8, 4) is 17.3 Å². The highest BCUT2D eigenvalue weighted by atomic mass is 16.5. The van der Waals surface area contributed by atoms with E-state index < -0.39 is 12.0 Å². The number of carboxylic acids is 1. The Morgan fingerprint density at radius 2 is 2.35 bits per heavy atom. The zero-order valence-corrected chi connectivity index (χ0v) is 10.9. The van der Waals surface area contributed by atoms with Crippen molar-refractivity contribution < 1.29 is 14.6 Å². The first-order valence-corrected chi connectivity index (χ1v) is 6.24. The van der Waals surface area contributed by atoms with Crippen molar-refractivity contribution in [2.75, 3.05) is 13.7 Å². The molecule has 0 amide bonds. The second-order valence-corrected chi connectivity index (χ2v) is 4.51. The number of ether oxygens (including phenoxy) is 1. The Balaban J connectivity index is 1.97. The van der Waals surface area contributed by atoms with Crippen molar-refractivity contribution in [3.63, 3.8) is 0 Å². The quantitative estimate of drug-likeness (QED) is 0.763. The molecule has 2 aromatic heterocycles. The highest BCUT2D eigenvalue weighted by Crippen LogP contribution is 2.25. The lowest BCUT2D eigenvalue weighted by atomic mass is 10.1. The Morgan fingerprint density at radius 1 is 1.50 bits per heavy atom. The number of aliphatic carboxylic acids is 1. The van der Waals surface area contributed by atoms with Crippen molar-refractivity contribution in [2.45, 2.75) is 12.5 Å². The fourth-order valence-electron chi connectivity index (χ4n) is 2.27. The summed E-state index contributed by atoms with van der Waals surface area (Å²) in [5, 5.41) is 12.1. The van der Waals surface area contributed by atoms with Gasteiger partial charge in [-0.2, -0.15) is 0 Å². The third kappa shape index (κ3) is 2.12. The van der Waals surface area contributed by atoms with Gasteiger partial charge in [-0.3, -0.25) is 10.1 Å². The van der Waals surface area contributed by atoms with E-state index in [1.807, 2.05) is 6.07 Å². The van der Waals surface area contributed by atoms with Crippen LogP contribution in [0.3, 0.4) is 0 Å². The van der Waals surface area contributed by atoms with E-state index in [0.717, 1.165) is 17.7 Å². The maximum absolute atomic E-state index is 11.2. The molecule has 0 bridgehead atoms. The number of fused-ring (bicyclic) bond motifs is 1. The Morgan fingerprint density at radius 3 is 3.00 bits per heavy atom. The monoisotopic (exact) mass is 274 g/mol. The van der Waals surface area contributed by atoms with Crippen LogP contribution >= 0.6 is 0 Å². The number of hydrogen-bond donors (Lipinski definition) is 3. The molecule has 3 rings (SSSR count). The minimum atomic E-state index is -0.920. The minimum Gasteiger partial charge on any atom is -0.481 e. The molecule has 7 heteroatoms. The molecule has 7 nitrogen and oxygen atoms in total. The normalized spacial score (nSPS) is 17.6. The SMILES string of the molecule is COc1ccc(-c2nc3c([nH]2)CCN[C@@H]3C(=O)O)cn1. The number of nitrogens with one attached hydrogen (secondary N) is 2. The number of H-pyrrole nitrogens is 1. The molecule has 20 heavy (non-hydrogen) atoms. The molecule has 0 aliphatic carbocycles. The summed E-state index contributed by atoms with van der Waals surface area (Å²) in [7, 11) is 1.55. The lowest BCUT2D eigenvalue weighted by Gasteiger charge is -2.18. The first kappa shape index (κ1) is 12.6. The van der Waals surface area contributed by atoms with Crippen LogP contribution in [0.2, 0.25) is 0 Å². The number of carboxylic acid groups (broad SMARTS) is 1. The van der Waals surface area contributed by atoms with Crippen molar-refractivity contribution in [1.29, 1.82) is 0 Å². The van der Waals surface area contributed by atoms with Crippen LogP contribution in [0.5, 0.6) is 5.88 Å². The lowest BCUT2D eigenvalue weighted by molar-refractivity contribution is -0.139. The van der Waals surface area contributed by atoms with E-state index in [9.17, 15) is 9.90 Å². The second-order valence-electron chi connectivity index (χ2n) is 4.51. The summed E-state index contributed by atoms with van der Waals surface area (Å²) in [6.07, 6.45) is 2.38. The average Bonchev–Trinajstić information content (AvgIpc) is 2.90. The summed E-state index contributed by atoms with van der Waals surface area (Å²) in [6.45, 7) is 0.618. The number of imidazole rings is 1. The van der Waals surface area contributed by atoms with Gasteiger partial charge in [-0.25, -0.2) is 9.97 Å². The largest absolute Gasteiger partial charge is 0.481 e. The molecule has 2 aromatic rings. The van der Waals surface area contributed by atoms with Gasteiger partial charge >= 0.3 is 5.97 Å². The average molecular weight is 274 g/mol. The van der Waals surface area contributed by atoms with Crippen molar-refractivity contribution in [2.24, 2.45) is 0 Å². The van der Waals surface area contributed by atoms with Crippen LogP contribution < -0.4 is 10.1 Å². The van der Waals surface area contributed by atoms with Gasteiger partial charge in [-0.1, -0.05) is 0 Å². The van der Waals surface area contributed by atoms with Gasteiger partial charge < -0.3 is 14.8 Å². The van der Waals surface area contributed by atoms with Gasteiger partial charge in [0, 0.05) is 36.5 Å². The molecular formula is C13H14N4O3. The van der Waals surface area contributed by atoms with E-state index in [1.54, 1.807) is 19.4 Å². The molecular weight excluding hydrogens is 260 g/mol. The van der Waals surface area contributed by atoms with E-state index >= 15 is 0 Å². The Bertz CT molecular complexity index is 636.